The van der Waals surface area contributed by atoms with Crippen molar-refractivity contribution in [3.05, 3.63) is 69.6 Å². The van der Waals surface area contributed by atoms with Crippen LogP contribution in [0, 0.1) is 0 Å². The van der Waals surface area contributed by atoms with Gasteiger partial charge in [0.15, 0.2) is 0 Å². The molecule has 0 atom stereocenters. The second-order valence-electron chi connectivity index (χ2n) is 5.00. The number of carbonyl (C=O) groups excluding carboxylic acids is 1. The third-order valence-electron chi connectivity index (χ3n) is 3.73. The van der Waals surface area contributed by atoms with Crippen LogP contribution in [0.3, 0.4) is 0 Å². The number of nitrogens with zero attached hydrogens (tertiary/aromatic N) is 1. The van der Waals surface area contributed by atoms with Gasteiger partial charge in [-0.2, -0.15) is 0 Å². The van der Waals surface area contributed by atoms with E-state index in [1.165, 1.54) is 23.4 Å². The number of pyridine rings is 1. The number of hydrogen-bond donors (Lipinski definition) is 1. The molecule has 2 heterocycles. The van der Waals surface area contributed by atoms with Crippen LogP contribution in [-0.4, -0.2) is 28.9 Å². The molecular weight excluding hydrogens is 252 g/mol. The molecule has 102 valence electrons. The van der Waals surface area contributed by atoms with Crippen molar-refractivity contribution < 1.29 is 4.79 Å². The number of nitrogens with one attached hydrogen (secondary N) is 1. The second-order valence-corrected chi connectivity index (χ2v) is 5.00. The summed E-state index contributed by atoms with van der Waals surface area (Å²) in [5.41, 5.74) is 2.84. The molecule has 1 aliphatic rings. The van der Waals surface area contributed by atoms with Gasteiger partial charge in [-0.05, 0) is 30.0 Å². The van der Waals surface area contributed by atoms with E-state index in [-0.39, 0.29) is 11.5 Å². The topological polar surface area (TPSA) is 53.2 Å². The summed E-state index contributed by atoms with van der Waals surface area (Å²) in [6, 6.07) is 11.3. The van der Waals surface area contributed by atoms with Gasteiger partial charge in [-0.25, -0.2) is 0 Å². The van der Waals surface area contributed by atoms with Crippen LogP contribution in [0.15, 0.2) is 47.4 Å². The first kappa shape index (κ1) is 12.7. The number of amides is 1. The normalized spacial score (nSPS) is 14.5. The Morgan fingerprint density at radius 1 is 1.05 bits per heavy atom. The summed E-state index contributed by atoms with van der Waals surface area (Å²) >= 11 is 0. The number of hydrogen-bond acceptors (Lipinski definition) is 2. The quantitative estimate of drug-likeness (QED) is 0.854. The monoisotopic (exact) mass is 268 g/mol. The standard InChI is InChI=1S/C16H16N2O2/c19-15-11-14(5-8-17-15)16(20)18-9-6-12-3-1-2-4-13(12)7-10-18/h1-5,8,11H,6-7,9-10H2,(H,17,19). The third kappa shape index (κ3) is 2.50. The zero-order chi connectivity index (χ0) is 13.9. The third-order valence-corrected chi connectivity index (χ3v) is 3.73. The maximum Gasteiger partial charge on any atom is 0.254 e. The Morgan fingerprint density at radius 2 is 1.70 bits per heavy atom. The van der Waals surface area contributed by atoms with Crippen LogP contribution in [0.4, 0.5) is 0 Å². The predicted octanol–water partition coefficient (Wildman–Crippen LogP) is 1.62. The minimum atomic E-state index is -0.242. The number of aromatic nitrogens is 1. The first-order chi connectivity index (χ1) is 9.74. The van der Waals surface area contributed by atoms with Crippen LogP contribution in [0.2, 0.25) is 0 Å². The molecule has 0 bridgehead atoms. The fourth-order valence-corrected chi connectivity index (χ4v) is 2.63. The van der Waals surface area contributed by atoms with Crippen molar-refractivity contribution in [2.75, 3.05) is 13.1 Å². The summed E-state index contributed by atoms with van der Waals surface area (Å²) in [5, 5.41) is 0. The maximum absolute atomic E-state index is 12.4. The van der Waals surface area contributed by atoms with Crippen molar-refractivity contribution >= 4 is 5.91 Å². The Hall–Kier alpha value is -2.36. The van der Waals surface area contributed by atoms with E-state index in [1.54, 1.807) is 6.07 Å². The van der Waals surface area contributed by atoms with E-state index < -0.39 is 0 Å². The van der Waals surface area contributed by atoms with Gasteiger partial charge < -0.3 is 9.88 Å². The number of aromatic amines is 1. The number of benzene rings is 1. The lowest BCUT2D eigenvalue weighted by molar-refractivity contribution is 0.0763. The lowest BCUT2D eigenvalue weighted by Gasteiger charge is -2.20. The maximum atomic E-state index is 12.4. The highest BCUT2D eigenvalue weighted by Gasteiger charge is 2.19. The highest BCUT2D eigenvalue weighted by atomic mass is 16.2. The van der Waals surface area contributed by atoms with Gasteiger partial charge in [0, 0.05) is 30.9 Å². The summed E-state index contributed by atoms with van der Waals surface area (Å²) in [6.07, 6.45) is 3.25. The lowest BCUT2D eigenvalue weighted by Crippen LogP contribution is -2.33. The summed E-state index contributed by atoms with van der Waals surface area (Å²) in [5.74, 6) is -0.0658. The molecule has 2 aromatic rings. The summed E-state index contributed by atoms with van der Waals surface area (Å²) in [6.45, 7) is 1.39. The van der Waals surface area contributed by atoms with Gasteiger partial charge in [-0.15, -0.1) is 0 Å². The smallest absolute Gasteiger partial charge is 0.254 e. The molecule has 0 saturated heterocycles. The first-order valence-corrected chi connectivity index (χ1v) is 6.79. The minimum Gasteiger partial charge on any atom is -0.338 e. The highest BCUT2D eigenvalue weighted by molar-refractivity contribution is 5.94. The van der Waals surface area contributed by atoms with Gasteiger partial charge >= 0.3 is 0 Å². The second kappa shape index (κ2) is 5.33. The van der Waals surface area contributed by atoms with Crippen LogP contribution in [0.25, 0.3) is 0 Å². The van der Waals surface area contributed by atoms with Crippen LogP contribution in [0.1, 0.15) is 21.5 Å². The predicted molar refractivity (Wildman–Crippen MR) is 76.8 cm³/mol. The van der Waals surface area contributed by atoms with Crippen LogP contribution in [0.5, 0.6) is 0 Å². The molecule has 0 aliphatic carbocycles. The number of fused-ring (bicyclic) bond motifs is 1. The Morgan fingerprint density at radius 3 is 2.30 bits per heavy atom. The molecule has 20 heavy (non-hydrogen) atoms. The number of carbonyl (C=O) groups is 1. The minimum absolute atomic E-state index is 0.0658. The van der Waals surface area contributed by atoms with Gasteiger partial charge in [0.25, 0.3) is 5.91 Å². The molecule has 1 aliphatic heterocycles. The molecule has 1 aromatic carbocycles. The van der Waals surface area contributed by atoms with Gasteiger partial charge in [-0.1, -0.05) is 24.3 Å². The Labute approximate surface area is 117 Å². The molecule has 1 N–H and O–H groups in total. The molecular formula is C16H16N2O2. The van der Waals surface area contributed by atoms with Crippen LogP contribution < -0.4 is 5.56 Å². The highest BCUT2D eigenvalue weighted by Crippen LogP contribution is 2.16. The van der Waals surface area contributed by atoms with E-state index in [4.69, 9.17) is 0 Å². The fraction of sp³-hybridized carbons (Fsp3) is 0.250. The fourth-order valence-electron chi connectivity index (χ4n) is 2.63. The van der Waals surface area contributed by atoms with Crippen LogP contribution in [-0.2, 0) is 12.8 Å². The van der Waals surface area contributed by atoms with Gasteiger partial charge in [0.05, 0.1) is 0 Å². The Balaban J connectivity index is 1.80. The Bertz CT molecular complexity index is 664. The van der Waals surface area contributed by atoms with E-state index >= 15 is 0 Å². The van der Waals surface area contributed by atoms with Crippen molar-refractivity contribution in [3.8, 4) is 0 Å². The molecule has 3 rings (SSSR count). The van der Waals surface area contributed by atoms with E-state index in [0.717, 1.165) is 12.8 Å². The summed E-state index contributed by atoms with van der Waals surface area (Å²) in [7, 11) is 0. The van der Waals surface area contributed by atoms with Crippen molar-refractivity contribution in [2.45, 2.75) is 12.8 Å². The van der Waals surface area contributed by atoms with Gasteiger partial charge in [0.2, 0.25) is 5.56 Å². The van der Waals surface area contributed by atoms with Crippen molar-refractivity contribution in [3.63, 3.8) is 0 Å². The molecule has 1 amide bonds. The van der Waals surface area contributed by atoms with Crippen molar-refractivity contribution in [2.24, 2.45) is 0 Å². The number of H-pyrrole nitrogens is 1. The molecule has 0 fully saturated rings. The van der Waals surface area contributed by atoms with Crippen molar-refractivity contribution in [1.29, 1.82) is 0 Å². The zero-order valence-electron chi connectivity index (χ0n) is 11.1. The first-order valence-electron chi connectivity index (χ1n) is 6.79. The SMILES string of the molecule is O=C(c1cc[nH]c(=O)c1)N1CCc2ccccc2CC1. The zero-order valence-corrected chi connectivity index (χ0v) is 11.1. The lowest BCUT2D eigenvalue weighted by atomic mass is 10.0. The molecule has 0 radical (unpaired) electrons. The molecule has 4 heteroatoms. The molecule has 0 spiro atoms. The molecule has 0 unspecified atom stereocenters. The van der Waals surface area contributed by atoms with E-state index in [0.29, 0.717) is 18.7 Å². The summed E-state index contributed by atoms with van der Waals surface area (Å²) < 4.78 is 0. The van der Waals surface area contributed by atoms with Gasteiger partial charge in [-0.3, -0.25) is 9.59 Å². The number of rotatable bonds is 1. The molecule has 0 saturated carbocycles. The van der Waals surface area contributed by atoms with Crippen molar-refractivity contribution in [1.82, 2.24) is 9.88 Å². The van der Waals surface area contributed by atoms with E-state index in [1.807, 2.05) is 17.0 Å². The van der Waals surface area contributed by atoms with Gasteiger partial charge in [0.1, 0.15) is 0 Å². The molecule has 1 aromatic heterocycles. The molecule has 4 nitrogen and oxygen atoms in total. The van der Waals surface area contributed by atoms with E-state index in [9.17, 15) is 9.59 Å². The Kier molecular flexibility index (Phi) is 3.37. The van der Waals surface area contributed by atoms with E-state index in [2.05, 4.69) is 17.1 Å². The average molecular weight is 268 g/mol. The van der Waals surface area contributed by atoms with Crippen LogP contribution >= 0.6 is 0 Å². The largest absolute Gasteiger partial charge is 0.338 e. The summed E-state index contributed by atoms with van der Waals surface area (Å²) in [4.78, 5) is 28.1. The average Bonchev–Trinajstić information content (AvgIpc) is 2.69.